The average Bonchev–Trinajstić information content (AvgIpc) is 2.66. The topological polar surface area (TPSA) is 46.3 Å². The fourth-order valence-corrected chi connectivity index (χ4v) is 1.91. The number of aliphatic hydroxyl groups excluding tert-OH is 1. The molecule has 1 unspecified atom stereocenters. The predicted molar refractivity (Wildman–Crippen MR) is 62.6 cm³/mol. The van der Waals surface area contributed by atoms with Crippen LogP contribution in [0.1, 0.15) is 18.9 Å². The molecule has 0 aliphatic heterocycles. The number of halogens is 2. The van der Waals surface area contributed by atoms with Gasteiger partial charge < -0.3 is 9.52 Å². The second kappa shape index (κ2) is 4.45. The van der Waals surface area contributed by atoms with Crippen LogP contribution in [0, 0.1) is 0 Å². The van der Waals surface area contributed by atoms with Crippen LogP contribution in [-0.2, 0) is 0 Å². The maximum absolute atomic E-state index is 9.30. The van der Waals surface area contributed by atoms with Gasteiger partial charge in [-0.15, -0.1) is 0 Å². The molecule has 0 aliphatic carbocycles. The van der Waals surface area contributed by atoms with E-state index in [-0.39, 0.29) is 5.89 Å². The molecule has 1 aromatic heterocycles. The predicted octanol–water partition coefficient (Wildman–Crippen LogP) is 3.70. The molecule has 2 aromatic rings. The summed E-state index contributed by atoms with van der Waals surface area (Å²) in [7, 11) is 0. The third-order valence-electron chi connectivity index (χ3n) is 2.09. The van der Waals surface area contributed by atoms with Crippen LogP contribution in [0.3, 0.4) is 0 Å². The van der Waals surface area contributed by atoms with E-state index in [0.29, 0.717) is 21.4 Å². The summed E-state index contributed by atoms with van der Waals surface area (Å²) in [6.45, 7) is 1.57. The molecule has 16 heavy (non-hydrogen) atoms. The summed E-state index contributed by atoms with van der Waals surface area (Å²) in [6.07, 6.45) is 0.741. The van der Waals surface area contributed by atoms with E-state index in [1.165, 1.54) is 6.20 Å². The van der Waals surface area contributed by atoms with Crippen LogP contribution in [0.15, 0.2) is 28.8 Å². The highest BCUT2D eigenvalue weighted by molar-refractivity contribution is 6.39. The van der Waals surface area contributed by atoms with E-state index in [1.54, 1.807) is 25.1 Å². The van der Waals surface area contributed by atoms with Crippen molar-refractivity contribution < 1.29 is 9.52 Å². The Hall–Kier alpha value is -1.03. The molecule has 0 saturated carbocycles. The number of benzene rings is 1. The van der Waals surface area contributed by atoms with E-state index < -0.39 is 6.10 Å². The molecule has 0 aliphatic rings. The van der Waals surface area contributed by atoms with Crippen LogP contribution in [0.5, 0.6) is 0 Å². The van der Waals surface area contributed by atoms with Gasteiger partial charge in [0.05, 0.1) is 21.8 Å². The van der Waals surface area contributed by atoms with Gasteiger partial charge in [-0.2, -0.15) is 0 Å². The number of oxazole rings is 1. The summed E-state index contributed by atoms with van der Waals surface area (Å²) < 4.78 is 5.36. The largest absolute Gasteiger partial charge is 0.438 e. The molecule has 0 bridgehead atoms. The van der Waals surface area contributed by atoms with Crippen LogP contribution >= 0.6 is 23.2 Å². The van der Waals surface area contributed by atoms with Crippen molar-refractivity contribution in [2.75, 3.05) is 0 Å². The van der Waals surface area contributed by atoms with Crippen LogP contribution in [0.25, 0.3) is 11.3 Å². The van der Waals surface area contributed by atoms with Gasteiger partial charge in [0.15, 0.2) is 5.76 Å². The van der Waals surface area contributed by atoms with Crippen molar-refractivity contribution in [3.63, 3.8) is 0 Å². The molecule has 0 amide bonds. The minimum absolute atomic E-state index is 0.242. The normalized spacial score (nSPS) is 12.8. The van der Waals surface area contributed by atoms with Gasteiger partial charge >= 0.3 is 0 Å². The molecular weight excluding hydrogens is 249 g/mol. The zero-order chi connectivity index (χ0) is 11.7. The maximum Gasteiger partial charge on any atom is 0.223 e. The second-order valence-corrected chi connectivity index (χ2v) is 4.15. The summed E-state index contributed by atoms with van der Waals surface area (Å²) in [6, 6.07) is 5.18. The Morgan fingerprint density at radius 2 is 1.94 bits per heavy atom. The summed E-state index contributed by atoms with van der Waals surface area (Å²) >= 11 is 12.0. The van der Waals surface area contributed by atoms with Gasteiger partial charge in [0.2, 0.25) is 5.89 Å². The molecule has 3 nitrogen and oxygen atoms in total. The maximum atomic E-state index is 9.30. The van der Waals surface area contributed by atoms with Crippen molar-refractivity contribution in [3.05, 3.63) is 40.3 Å². The fourth-order valence-electron chi connectivity index (χ4n) is 1.33. The van der Waals surface area contributed by atoms with E-state index in [4.69, 9.17) is 27.6 Å². The van der Waals surface area contributed by atoms with Crippen molar-refractivity contribution in [2.24, 2.45) is 0 Å². The fraction of sp³-hybridized carbons (Fsp3) is 0.182. The Balaban J connectivity index is 2.50. The van der Waals surface area contributed by atoms with Crippen LogP contribution in [0.4, 0.5) is 0 Å². The standard InChI is InChI=1S/C11H9Cl2NO2/c1-6(15)11-14-5-9(16-11)10-7(12)3-2-4-8(10)13/h2-6,15H,1H3. The van der Waals surface area contributed by atoms with E-state index in [0.717, 1.165) is 0 Å². The van der Waals surface area contributed by atoms with Crippen molar-refractivity contribution in [1.29, 1.82) is 0 Å². The van der Waals surface area contributed by atoms with Gasteiger partial charge in [0.1, 0.15) is 6.10 Å². The second-order valence-electron chi connectivity index (χ2n) is 3.34. The number of aliphatic hydroxyl groups is 1. The van der Waals surface area contributed by atoms with Gasteiger partial charge in [0, 0.05) is 0 Å². The Bertz CT molecular complexity index is 488. The SMILES string of the molecule is CC(O)c1ncc(-c2c(Cl)cccc2Cl)o1. The Morgan fingerprint density at radius 1 is 1.31 bits per heavy atom. The summed E-state index contributed by atoms with van der Waals surface area (Å²) in [5, 5.41) is 10.3. The lowest BCUT2D eigenvalue weighted by atomic mass is 10.2. The van der Waals surface area contributed by atoms with Crippen molar-refractivity contribution in [3.8, 4) is 11.3 Å². The first-order valence-corrected chi connectivity index (χ1v) is 5.43. The lowest BCUT2D eigenvalue weighted by Gasteiger charge is -2.02. The number of hydrogen-bond donors (Lipinski definition) is 1. The monoisotopic (exact) mass is 257 g/mol. The van der Waals surface area contributed by atoms with E-state index in [2.05, 4.69) is 4.98 Å². The molecule has 1 aromatic carbocycles. The molecule has 0 fully saturated rings. The highest BCUT2D eigenvalue weighted by atomic mass is 35.5. The minimum atomic E-state index is -0.755. The molecule has 0 saturated heterocycles. The molecule has 0 radical (unpaired) electrons. The third kappa shape index (κ3) is 2.07. The van der Waals surface area contributed by atoms with Gasteiger partial charge in [-0.05, 0) is 19.1 Å². The molecule has 0 spiro atoms. The lowest BCUT2D eigenvalue weighted by molar-refractivity contribution is 0.164. The molecule has 1 N–H and O–H groups in total. The summed E-state index contributed by atoms with van der Waals surface area (Å²) in [5.41, 5.74) is 0.588. The van der Waals surface area contributed by atoms with Gasteiger partial charge in [0.25, 0.3) is 0 Å². The van der Waals surface area contributed by atoms with E-state index in [1.807, 2.05) is 0 Å². The number of hydrogen-bond acceptors (Lipinski definition) is 3. The zero-order valence-electron chi connectivity index (χ0n) is 8.45. The minimum Gasteiger partial charge on any atom is -0.438 e. The number of aromatic nitrogens is 1. The van der Waals surface area contributed by atoms with Crippen LogP contribution < -0.4 is 0 Å². The number of nitrogens with zero attached hydrogens (tertiary/aromatic N) is 1. The van der Waals surface area contributed by atoms with Crippen molar-refractivity contribution in [2.45, 2.75) is 13.0 Å². The highest BCUT2D eigenvalue weighted by Crippen LogP contribution is 2.35. The first-order valence-electron chi connectivity index (χ1n) is 4.67. The first kappa shape index (κ1) is 11.5. The molecule has 2 rings (SSSR count). The van der Waals surface area contributed by atoms with Gasteiger partial charge in [-0.3, -0.25) is 0 Å². The molecule has 5 heteroatoms. The smallest absolute Gasteiger partial charge is 0.223 e. The third-order valence-corrected chi connectivity index (χ3v) is 2.72. The van der Waals surface area contributed by atoms with Gasteiger partial charge in [-0.1, -0.05) is 29.3 Å². The van der Waals surface area contributed by atoms with Gasteiger partial charge in [-0.25, -0.2) is 4.98 Å². The Morgan fingerprint density at radius 3 is 2.44 bits per heavy atom. The zero-order valence-corrected chi connectivity index (χ0v) is 9.96. The van der Waals surface area contributed by atoms with E-state index >= 15 is 0 Å². The first-order chi connectivity index (χ1) is 7.59. The summed E-state index contributed by atoms with van der Waals surface area (Å²) in [5.74, 6) is 0.692. The van der Waals surface area contributed by atoms with Crippen LogP contribution in [-0.4, -0.2) is 10.1 Å². The summed E-state index contributed by atoms with van der Waals surface area (Å²) in [4.78, 5) is 3.94. The lowest BCUT2D eigenvalue weighted by Crippen LogP contribution is -1.88. The van der Waals surface area contributed by atoms with Crippen molar-refractivity contribution >= 4 is 23.2 Å². The van der Waals surface area contributed by atoms with Crippen molar-refractivity contribution in [1.82, 2.24) is 4.98 Å². The van der Waals surface area contributed by atoms with Crippen LogP contribution in [0.2, 0.25) is 10.0 Å². The van der Waals surface area contributed by atoms with E-state index in [9.17, 15) is 5.11 Å². The average molecular weight is 258 g/mol. The number of rotatable bonds is 2. The molecule has 1 heterocycles. The highest BCUT2D eigenvalue weighted by Gasteiger charge is 2.15. The molecule has 1 atom stereocenters. The molecular formula is C11H9Cl2NO2. The quantitative estimate of drug-likeness (QED) is 0.893. The Labute approximate surface area is 103 Å². The molecule has 84 valence electrons. The Kier molecular flexibility index (Phi) is 3.19.